The quantitative estimate of drug-likeness (QED) is 0.903. The molecule has 0 saturated carbocycles. The van der Waals surface area contributed by atoms with E-state index in [1.54, 1.807) is 22.5 Å². The summed E-state index contributed by atoms with van der Waals surface area (Å²) in [4.78, 5) is 11.8. The Hall–Kier alpha value is -1.40. The molecule has 2 aliphatic heterocycles. The van der Waals surface area contributed by atoms with Crippen LogP contribution in [0.15, 0.2) is 23.1 Å². The first-order chi connectivity index (χ1) is 9.57. The van der Waals surface area contributed by atoms with Gasteiger partial charge in [0.1, 0.15) is 0 Å². The number of benzene rings is 1. The van der Waals surface area contributed by atoms with E-state index in [0.29, 0.717) is 24.4 Å². The summed E-state index contributed by atoms with van der Waals surface area (Å²) in [7, 11) is -3.38. The Morgan fingerprint density at radius 1 is 1.05 bits per heavy atom. The third kappa shape index (κ3) is 2.45. The molecule has 0 radical (unpaired) electrons. The van der Waals surface area contributed by atoms with E-state index in [2.05, 4.69) is 5.32 Å². The third-order valence-electron chi connectivity index (χ3n) is 3.90. The van der Waals surface area contributed by atoms with Crippen LogP contribution in [-0.2, 0) is 21.2 Å². The van der Waals surface area contributed by atoms with Crippen LogP contribution in [-0.4, -0.2) is 31.7 Å². The molecule has 108 valence electrons. The van der Waals surface area contributed by atoms with Gasteiger partial charge < -0.3 is 5.32 Å². The zero-order valence-corrected chi connectivity index (χ0v) is 12.1. The number of anilines is 1. The molecule has 1 aromatic carbocycles. The van der Waals surface area contributed by atoms with Crippen molar-refractivity contribution in [2.45, 2.75) is 37.0 Å². The monoisotopic (exact) mass is 294 g/mol. The number of hydrogen-bond donors (Lipinski definition) is 1. The van der Waals surface area contributed by atoms with Crippen molar-refractivity contribution in [1.82, 2.24) is 4.31 Å². The molecule has 1 saturated heterocycles. The fraction of sp³-hybridized carbons (Fsp3) is 0.500. The van der Waals surface area contributed by atoms with Crippen LogP contribution in [0.1, 0.15) is 31.2 Å². The third-order valence-corrected chi connectivity index (χ3v) is 5.80. The van der Waals surface area contributed by atoms with E-state index in [9.17, 15) is 13.2 Å². The Balaban J connectivity index is 1.96. The van der Waals surface area contributed by atoms with Crippen LogP contribution in [0.4, 0.5) is 5.69 Å². The van der Waals surface area contributed by atoms with Gasteiger partial charge >= 0.3 is 0 Å². The molecular weight excluding hydrogens is 276 g/mol. The molecule has 0 unspecified atom stereocenters. The first kappa shape index (κ1) is 13.6. The topological polar surface area (TPSA) is 66.5 Å². The Bertz CT molecular complexity index is 634. The number of sulfonamides is 1. The zero-order chi connectivity index (χ0) is 14.2. The summed E-state index contributed by atoms with van der Waals surface area (Å²) in [5, 5.41) is 2.82. The highest BCUT2D eigenvalue weighted by Crippen LogP contribution is 2.27. The lowest BCUT2D eigenvalue weighted by Crippen LogP contribution is -2.28. The Morgan fingerprint density at radius 2 is 1.80 bits per heavy atom. The molecule has 5 nitrogen and oxygen atoms in total. The first-order valence-electron chi connectivity index (χ1n) is 7.00. The lowest BCUT2D eigenvalue weighted by Gasteiger charge is -2.17. The number of nitrogens with zero attached hydrogens (tertiary/aromatic N) is 1. The van der Waals surface area contributed by atoms with E-state index in [4.69, 9.17) is 0 Å². The van der Waals surface area contributed by atoms with Crippen LogP contribution in [0, 0.1) is 0 Å². The minimum absolute atomic E-state index is 0.00102. The number of carbonyl (C=O) groups excluding carboxylic acids is 1. The van der Waals surface area contributed by atoms with Gasteiger partial charge in [-0.05, 0) is 49.4 Å². The number of aryl methyl sites for hydroxylation is 1. The van der Waals surface area contributed by atoms with Gasteiger partial charge in [-0.1, -0.05) is 0 Å². The summed E-state index contributed by atoms with van der Waals surface area (Å²) in [6.07, 6.45) is 3.84. The lowest BCUT2D eigenvalue weighted by molar-refractivity contribution is -0.116. The Morgan fingerprint density at radius 3 is 2.55 bits per heavy atom. The predicted octanol–water partition coefficient (Wildman–Crippen LogP) is 1.75. The molecule has 6 heteroatoms. The second-order valence-electron chi connectivity index (χ2n) is 5.33. The molecule has 0 aliphatic carbocycles. The van der Waals surface area contributed by atoms with Crippen molar-refractivity contribution in [2.24, 2.45) is 0 Å². The van der Waals surface area contributed by atoms with Crippen molar-refractivity contribution >= 4 is 21.6 Å². The number of rotatable bonds is 2. The van der Waals surface area contributed by atoms with Crippen molar-refractivity contribution in [3.05, 3.63) is 23.8 Å². The fourth-order valence-electron chi connectivity index (χ4n) is 2.79. The number of fused-ring (bicyclic) bond motifs is 1. The standard InChI is InChI=1S/C14H18N2O3S/c17-14-5-3-4-11-10-12(6-7-13(11)15-14)20(18,19)16-8-1-2-9-16/h6-7,10H,1-5,8-9H2,(H,15,17). The van der Waals surface area contributed by atoms with Gasteiger partial charge in [-0.15, -0.1) is 0 Å². The maximum absolute atomic E-state index is 12.5. The van der Waals surface area contributed by atoms with Gasteiger partial charge in [0.05, 0.1) is 4.90 Å². The largest absolute Gasteiger partial charge is 0.326 e. The molecule has 2 heterocycles. The summed E-state index contributed by atoms with van der Waals surface area (Å²) in [5.41, 5.74) is 1.66. The van der Waals surface area contributed by atoms with Crippen LogP contribution in [0.2, 0.25) is 0 Å². The number of carbonyl (C=O) groups is 1. The summed E-state index contributed by atoms with van der Waals surface area (Å²) in [6.45, 7) is 1.21. The van der Waals surface area contributed by atoms with E-state index in [1.165, 1.54) is 0 Å². The fourth-order valence-corrected chi connectivity index (χ4v) is 4.36. The van der Waals surface area contributed by atoms with E-state index in [0.717, 1.165) is 36.9 Å². The smallest absolute Gasteiger partial charge is 0.243 e. The van der Waals surface area contributed by atoms with Crippen molar-refractivity contribution in [3.8, 4) is 0 Å². The van der Waals surface area contributed by atoms with E-state index >= 15 is 0 Å². The van der Waals surface area contributed by atoms with Crippen LogP contribution >= 0.6 is 0 Å². The van der Waals surface area contributed by atoms with Gasteiger partial charge in [-0.2, -0.15) is 4.31 Å². The first-order valence-corrected chi connectivity index (χ1v) is 8.44. The van der Waals surface area contributed by atoms with Gasteiger partial charge in [-0.25, -0.2) is 8.42 Å². The summed E-state index contributed by atoms with van der Waals surface area (Å²) >= 11 is 0. The molecule has 0 bridgehead atoms. The molecule has 1 aromatic rings. The van der Waals surface area contributed by atoms with Gasteiger partial charge in [0.15, 0.2) is 0 Å². The summed E-state index contributed by atoms with van der Waals surface area (Å²) < 4.78 is 26.6. The molecule has 2 aliphatic rings. The van der Waals surface area contributed by atoms with Gasteiger partial charge in [0.25, 0.3) is 0 Å². The van der Waals surface area contributed by atoms with E-state index in [1.807, 2.05) is 0 Å². The lowest BCUT2D eigenvalue weighted by atomic mass is 10.1. The van der Waals surface area contributed by atoms with Gasteiger partial charge in [0, 0.05) is 25.2 Å². The molecule has 0 aromatic heterocycles. The highest BCUT2D eigenvalue weighted by Gasteiger charge is 2.28. The average molecular weight is 294 g/mol. The minimum atomic E-state index is -3.38. The molecule has 1 N–H and O–H groups in total. The predicted molar refractivity (Wildman–Crippen MR) is 76.0 cm³/mol. The van der Waals surface area contributed by atoms with Crippen LogP contribution in [0.5, 0.6) is 0 Å². The van der Waals surface area contributed by atoms with Crippen molar-refractivity contribution in [1.29, 1.82) is 0 Å². The highest BCUT2D eigenvalue weighted by molar-refractivity contribution is 7.89. The Labute approximate surface area is 119 Å². The second kappa shape index (κ2) is 5.18. The zero-order valence-electron chi connectivity index (χ0n) is 11.3. The molecular formula is C14H18N2O3S. The average Bonchev–Trinajstić information content (AvgIpc) is 2.89. The molecule has 0 spiro atoms. The van der Waals surface area contributed by atoms with Crippen molar-refractivity contribution in [3.63, 3.8) is 0 Å². The van der Waals surface area contributed by atoms with Crippen molar-refractivity contribution in [2.75, 3.05) is 18.4 Å². The maximum atomic E-state index is 12.5. The van der Waals surface area contributed by atoms with Gasteiger partial charge in [-0.3, -0.25) is 4.79 Å². The van der Waals surface area contributed by atoms with E-state index < -0.39 is 10.0 Å². The molecule has 1 amide bonds. The highest BCUT2D eigenvalue weighted by atomic mass is 32.2. The molecule has 3 rings (SSSR count). The van der Waals surface area contributed by atoms with Crippen molar-refractivity contribution < 1.29 is 13.2 Å². The SMILES string of the molecule is O=C1CCCc2cc(S(=O)(=O)N3CCCC3)ccc2N1. The molecule has 0 atom stereocenters. The summed E-state index contributed by atoms with van der Waals surface area (Å²) in [5.74, 6) is -0.00102. The van der Waals surface area contributed by atoms with Crippen LogP contribution < -0.4 is 5.32 Å². The second-order valence-corrected chi connectivity index (χ2v) is 7.27. The van der Waals surface area contributed by atoms with Crippen LogP contribution in [0.3, 0.4) is 0 Å². The maximum Gasteiger partial charge on any atom is 0.243 e. The summed E-state index contributed by atoms with van der Waals surface area (Å²) in [6, 6.07) is 5.02. The minimum Gasteiger partial charge on any atom is -0.326 e. The normalized spacial score (nSPS) is 20.3. The number of nitrogens with one attached hydrogen (secondary N) is 1. The Kier molecular flexibility index (Phi) is 3.52. The molecule has 20 heavy (non-hydrogen) atoms. The van der Waals surface area contributed by atoms with Gasteiger partial charge in [0.2, 0.25) is 15.9 Å². The number of hydrogen-bond acceptors (Lipinski definition) is 3. The number of amides is 1. The van der Waals surface area contributed by atoms with E-state index in [-0.39, 0.29) is 5.91 Å². The van der Waals surface area contributed by atoms with Crippen LogP contribution in [0.25, 0.3) is 0 Å². The molecule has 1 fully saturated rings.